The lowest BCUT2D eigenvalue weighted by molar-refractivity contribution is -0.116. The Labute approximate surface area is 150 Å². The van der Waals surface area contributed by atoms with Gasteiger partial charge in [-0.2, -0.15) is 0 Å². The van der Waals surface area contributed by atoms with Gasteiger partial charge in [-0.25, -0.2) is 0 Å². The second kappa shape index (κ2) is 8.17. The molecule has 0 aliphatic rings. The van der Waals surface area contributed by atoms with Crippen molar-refractivity contribution in [1.82, 2.24) is 5.32 Å². The maximum atomic E-state index is 12.1. The molecule has 3 N–H and O–H groups in total. The summed E-state index contributed by atoms with van der Waals surface area (Å²) in [5.41, 5.74) is 8.30. The average Bonchev–Trinajstić information content (AvgIpc) is 2.53. The quantitative estimate of drug-likeness (QED) is 0.588. The lowest BCUT2D eigenvalue weighted by atomic mass is 10.0. The molecule has 0 fully saturated rings. The van der Waals surface area contributed by atoms with E-state index in [-0.39, 0.29) is 11.5 Å². The van der Waals surface area contributed by atoms with E-state index >= 15 is 0 Å². The number of anilines is 1. The van der Waals surface area contributed by atoms with Crippen molar-refractivity contribution in [2.75, 3.05) is 18.9 Å². The molecule has 0 saturated heterocycles. The molecule has 0 aromatic heterocycles. The Balaban J connectivity index is 2.00. The maximum Gasteiger partial charge on any atom is 0.244 e. The van der Waals surface area contributed by atoms with Crippen LogP contribution in [0.15, 0.2) is 42.5 Å². The molecule has 2 rings (SSSR count). The number of allylic oxidation sites excluding steroid dienone is 1. The third-order valence-electron chi connectivity index (χ3n) is 4.23. The number of amides is 1. The first-order valence-electron chi connectivity index (χ1n) is 8.70. The first-order valence-corrected chi connectivity index (χ1v) is 8.70. The zero-order valence-corrected chi connectivity index (χ0v) is 15.6. The van der Waals surface area contributed by atoms with E-state index in [9.17, 15) is 4.79 Å². The van der Waals surface area contributed by atoms with E-state index < -0.39 is 0 Å². The minimum absolute atomic E-state index is 0.0813. The highest BCUT2D eigenvalue weighted by atomic mass is 16.5. The molecule has 0 aliphatic heterocycles. The Morgan fingerprint density at radius 3 is 2.60 bits per heavy atom. The smallest absolute Gasteiger partial charge is 0.244 e. The normalized spacial score (nSPS) is 12.4. The molecule has 0 bridgehead atoms. The average molecular weight is 340 g/mol. The van der Waals surface area contributed by atoms with Gasteiger partial charge < -0.3 is 15.8 Å². The summed E-state index contributed by atoms with van der Waals surface area (Å²) >= 11 is 0. The van der Waals surface area contributed by atoms with Gasteiger partial charge in [-0.15, -0.1) is 0 Å². The van der Waals surface area contributed by atoms with Gasteiger partial charge in [-0.1, -0.05) is 18.2 Å². The number of nitrogens with two attached hydrogens (primary N) is 1. The number of carbonyl (C=O) groups excluding carboxylic acids is 1. The van der Waals surface area contributed by atoms with E-state index in [1.165, 1.54) is 0 Å². The Morgan fingerprint density at radius 1 is 1.20 bits per heavy atom. The number of ether oxygens (including phenoxy) is 1. The summed E-state index contributed by atoms with van der Waals surface area (Å²) in [6.45, 7) is 9.25. The van der Waals surface area contributed by atoms with E-state index in [0.717, 1.165) is 34.0 Å². The van der Waals surface area contributed by atoms with Crippen LogP contribution in [0.2, 0.25) is 0 Å². The second-order valence-corrected chi connectivity index (χ2v) is 6.88. The van der Waals surface area contributed by atoms with Crippen LogP contribution in [0.4, 0.5) is 5.69 Å². The van der Waals surface area contributed by atoms with Gasteiger partial charge in [-0.05, 0) is 74.2 Å². The lowest BCUT2D eigenvalue weighted by Gasteiger charge is -2.24. The Kier molecular flexibility index (Phi) is 6.21. The summed E-state index contributed by atoms with van der Waals surface area (Å²) in [6, 6.07) is 12.0. The van der Waals surface area contributed by atoms with Gasteiger partial charge in [0.25, 0.3) is 0 Å². The van der Waals surface area contributed by atoms with Crippen LogP contribution in [0.25, 0.3) is 16.3 Å². The van der Waals surface area contributed by atoms with Crippen molar-refractivity contribution >= 4 is 27.9 Å². The first kappa shape index (κ1) is 19.0. The molecule has 0 saturated carbocycles. The summed E-state index contributed by atoms with van der Waals surface area (Å²) < 4.78 is 5.64. The molecule has 0 spiro atoms. The minimum Gasteiger partial charge on any atom is -0.399 e. The van der Waals surface area contributed by atoms with Crippen LogP contribution in [0, 0.1) is 0 Å². The van der Waals surface area contributed by atoms with Crippen molar-refractivity contribution in [2.45, 2.75) is 39.7 Å². The first-order chi connectivity index (χ1) is 11.8. The van der Waals surface area contributed by atoms with Crippen LogP contribution < -0.4 is 11.1 Å². The molecule has 134 valence electrons. The van der Waals surface area contributed by atoms with Gasteiger partial charge in [0, 0.05) is 24.9 Å². The Hall–Kier alpha value is -2.33. The van der Waals surface area contributed by atoms with E-state index in [4.69, 9.17) is 10.5 Å². The molecule has 0 unspecified atom stereocenters. The molecule has 2 aromatic carbocycles. The van der Waals surface area contributed by atoms with E-state index in [1.54, 1.807) is 6.08 Å². The summed E-state index contributed by atoms with van der Waals surface area (Å²) in [5, 5.41) is 5.14. The highest BCUT2D eigenvalue weighted by Crippen LogP contribution is 2.22. The second-order valence-electron chi connectivity index (χ2n) is 6.88. The number of hydrogen-bond donors (Lipinski definition) is 2. The molecule has 0 aliphatic carbocycles. The maximum absolute atomic E-state index is 12.1. The van der Waals surface area contributed by atoms with Crippen molar-refractivity contribution in [3.8, 4) is 0 Å². The molecule has 4 heteroatoms. The molecular weight excluding hydrogens is 312 g/mol. The highest BCUT2D eigenvalue weighted by molar-refractivity contribution is 5.96. The zero-order valence-electron chi connectivity index (χ0n) is 15.6. The van der Waals surface area contributed by atoms with Crippen molar-refractivity contribution < 1.29 is 9.53 Å². The van der Waals surface area contributed by atoms with Crippen LogP contribution >= 0.6 is 0 Å². The highest BCUT2D eigenvalue weighted by Gasteiger charge is 2.17. The molecule has 2 aromatic rings. The Morgan fingerprint density at radius 2 is 1.88 bits per heavy atom. The summed E-state index contributed by atoms with van der Waals surface area (Å²) in [5.74, 6) is -0.0813. The molecule has 1 amide bonds. The fraction of sp³-hybridized carbons (Fsp3) is 0.381. The number of benzene rings is 2. The van der Waals surface area contributed by atoms with E-state index in [2.05, 4.69) is 11.4 Å². The zero-order chi connectivity index (χ0) is 18.4. The van der Waals surface area contributed by atoms with Crippen molar-refractivity contribution in [3.05, 3.63) is 48.0 Å². The van der Waals surface area contributed by atoms with Crippen LogP contribution in [0.1, 0.15) is 39.7 Å². The standard InChI is InChI=1S/C21H28N2O2/c1-5-25-21(3,4)10-11-23-20(24)12-15(2)16-6-7-18-14-19(22)9-8-17(18)13-16/h6-9,12-14H,5,10-11,22H2,1-4H3,(H,23,24)/b15-12+. The molecule has 25 heavy (non-hydrogen) atoms. The number of hydrogen-bond acceptors (Lipinski definition) is 3. The van der Waals surface area contributed by atoms with Gasteiger partial charge in [0.15, 0.2) is 0 Å². The largest absolute Gasteiger partial charge is 0.399 e. The summed E-state index contributed by atoms with van der Waals surface area (Å²) in [7, 11) is 0. The SMILES string of the molecule is CCOC(C)(C)CCNC(=O)/C=C(\C)c1ccc2cc(N)ccc2c1. The monoisotopic (exact) mass is 340 g/mol. The fourth-order valence-electron chi connectivity index (χ4n) is 2.79. The van der Waals surface area contributed by atoms with Gasteiger partial charge in [0.1, 0.15) is 0 Å². The van der Waals surface area contributed by atoms with Crippen LogP contribution in [-0.4, -0.2) is 24.7 Å². The predicted octanol–water partition coefficient (Wildman–Crippen LogP) is 4.15. The molecule has 0 atom stereocenters. The topological polar surface area (TPSA) is 64.3 Å². The number of nitrogens with one attached hydrogen (secondary N) is 1. The fourth-order valence-corrected chi connectivity index (χ4v) is 2.79. The third-order valence-corrected chi connectivity index (χ3v) is 4.23. The predicted molar refractivity (Wildman–Crippen MR) is 105 cm³/mol. The van der Waals surface area contributed by atoms with Gasteiger partial charge >= 0.3 is 0 Å². The van der Waals surface area contributed by atoms with Gasteiger partial charge in [-0.3, -0.25) is 4.79 Å². The number of nitrogen functional groups attached to an aromatic ring is 1. The van der Waals surface area contributed by atoms with Crippen LogP contribution in [0.3, 0.4) is 0 Å². The van der Waals surface area contributed by atoms with E-state index in [1.807, 2.05) is 58.0 Å². The van der Waals surface area contributed by atoms with Gasteiger partial charge in [0.05, 0.1) is 5.60 Å². The number of rotatable bonds is 7. The molecular formula is C21H28N2O2. The molecule has 4 nitrogen and oxygen atoms in total. The summed E-state index contributed by atoms with van der Waals surface area (Å²) in [6.07, 6.45) is 2.42. The van der Waals surface area contributed by atoms with Crippen LogP contribution in [-0.2, 0) is 9.53 Å². The van der Waals surface area contributed by atoms with Crippen molar-refractivity contribution in [1.29, 1.82) is 0 Å². The third kappa shape index (κ3) is 5.61. The molecule has 0 radical (unpaired) electrons. The number of carbonyl (C=O) groups is 1. The van der Waals surface area contributed by atoms with Crippen molar-refractivity contribution in [3.63, 3.8) is 0 Å². The number of fused-ring (bicyclic) bond motifs is 1. The van der Waals surface area contributed by atoms with Gasteiger partial charge in [0.2, 0.25) is 5.91 Å². The minimum atomic E-state index is -0.221. The van der Waals surface area contributed by atoms with Crippen LogP contribution in [0.5, 0.6) is 0 Å². The van der Waals surface area contributed by atoms with E-state index in [0.29, 0.717) is 13.2 Å². The Bertz CT molecular complexity index is 779. The summed E-state index contributed by atoms with van der Waals surface area (Å²) in [4.78, 5) is 12.1. The van der Waals surface area contributed by atoms with Crippen molar-refractivity contribution in [2.24, 2.45) is 0 Å². The lowest BCUT2D eigenvalue weighted by Crippen LogP contribution is -2.32. The molecule has 0 heterocycles.